The number of quaternary nitrogens is 1. The molecule has 1 aliphatic heterocycles. The lowest BCUT2D eigenvalue weighted by atomic mass is 10.1. The van der Waals surface area contributed by atoms with Crippen molar-refractivity contribution in [3.8, 4) is 5.69 Å². The molecular formula is C21H23N4O+. The summed E-state index contributed by atoms with van der Waals surface area (Å²) in [6, 6.07) is 20.2. The van der Waals surface area contributed by atoms with Gasteiger partial charge in [-0.3, -0.25) is 4.79 Å². The second kappa shape index (κ2) is 7.54. The van der Waals surface area contributed by atoms with Gasteiger partial charge in [0.25, 0.3) is 5.91 Å². The van der Waals surface area contributed by atoms with E-state index in [1.165, 1.54) is 10.5 Å². The Morgan fingerprint density at radius 3 is 2.65 bits per heavy atom. The molecule has 1 fully saturated rings. The van der Waals surface area contributed by atoms with Gasteiger partial charge in [0, 0.05) is 29.9 Å². The summed E-state index contributed by atoms with van der Waals surface area (Å²) in [6.45, 7) is 3.09. The quantitative estimate of drug-likeness (QED) is 0.734. The van der Waals surface area contributed by atoms with Crippen LogP contribution in [0.2, 0.25) is 0 Å². The molecule has 0 saturated carbocycles. The fourth-order valence-electron chi connectivity index (χ4n) is 3.56. The Hall–Kier alpha value is -2.92. The number of nitrogens with zero attached hydrogens (tertiary/aromatic N) is 2. The van der Waals surface area contributed by atoms with Crippen molar-refractivity contribution in [2.75, 3.05) is 13.1 Å². The minimum Gasteiger partial charge on any atom is -0.343 e. The average Bonchev–Trinajstić information content (AvgIpc) is 3.35. The summed E-state index contributed by atoms with van der Waals surface area (Å²) in [5.74, 6) is 0.00276. The second-order valence-corrected chi connectivity index (χ2v) is 6.82. The van der Waals surface area contributed by atoms with Crippen molar-refractivity contribution in [2.24, 2.45) is 0 Å². The van der Waals surface area contributed by atoms with Gasteiger partial charge >= 0.3 is 0 Å². The molecule has 5 nitrogen and oxygen atoms in total. The highest BCUT2D eigenvalue weighted by atomic mass is 16.1. The van der Waals surface area contributed by atoms with Crippen LogP contribution in [-0.2, 0) is 6.54 Å². The summed E-state index contributed by atoms with van der Waals surface area (Å²) in [7, 11) is 0. The van der Waals surface area contributed by atoms with Gasteiger partial charge in [-0.15, -0.1) is 0 Å². The number of carbonyl (C=O) groups excluding carboxylic acids is 1. The van der Waals surface area contributed by atoms with Crippen LogP contribution in [0.5, 0.6) is 0 Å². The summed E-state index contributed by atoms with van der Waals surface area (Å²) in [5, 5.41) is 7.38. The Labute approximate surface area is 153 Å². The Kier molecular flexibility index (Phi) is 4.80. The first kappa shape index (κ1) is 16.5. The van der Waals surface area contributed by atoms with Crippen molar-refractivity contribution in [2.45, 2.75) is 19.0 Å². The SMILES string of the molecule is O=C(N[C@@H]1CC[NH+](Cc2ccccc2)C1)c1ccc(-n2cccn2)cc1. The third-order valence-corrected chi connectivity index (χ3v) is 4.91. The molecule has 4 rings (SSSR count). The molecule has 1 aromatic heterocycles. The molecule has 2 atom stereocenters. The zero-order valence-electron chi connectivity index (χ0n) is 14.6. The van der Waals surface area contributed by atoms with E-state index in [9.17, 15) is 4.79 Å². The summed E-state index contributed by atoms with van der Waals surface area (Å²) >= 11 is 0. The molecule has 2 heterocycles. The Morgan fingerprint density at radius 2 is 1.92 bits per heavy atom. The van der Waals surface area contributed by atoms with Crippen LogP contribution in [0.1, 0.15) is 22.3 Å². The number of amides is 1. The summed E-state index contributed by atoms with van der Waals surface area (Å²) in [5.41, 5.74) is 2.99. The van der Waals surface area contributed by atoms with E-state index in [-0.39, 0.29) is 11.9 Å². The van der Waals surface area contributed by atoms with E-state index >= 15 is 0 Å². The molecule has 3 aromatic rings. The molecule has 0 bridgehead atoms. The molecule has 0 radical (unpaired) electrons. The number of hydrogen-bond donors (Lipinski definition) is 2. The van der Waals surface area contributed by atoms with Crippen LogP contribution in [0.4, 0.5) is 0 Å². The van der Waals surface area contributed by atoms with Crippen LogP contribution in [-0.4, -0.2) is 34.8 Å². The van der Waals surface area contributed by atoms with Gasteiger partial charge in [-0.2, -0.15) is 5.10 Å². The number of aromatic nitrogens is 2. The third-order valence-electron chi connectivity index (χ3n) is 4.91. The van der Waals surface area contributed by atoms with E-state index in [4.69, 9.17) is 0 Å². The van der Waals surface area contributed by atoms with Crippen LogP contribution in [0.15, 0.2) is 73.1 Å². The highest BCUT2D eigenvalue weighted by molar-refractivity contribution is 5.94. The molecule has 1 aliphatic rings. The minimum absolute atomic E-state index is 0.00276. The lowest BCUT2D eigenvalue weighted by Gasteiger charge is -2.14. The maximum Gasteiger partial charge on any atom is 0.251 e. The monoisotopic (exact) mass is 347 g/mol. The minimum atomic E-state index is 0.00276. The van der Waals surface area contributed by atoms with Gasteiger partial charge in [0.2, 0.25) is 0 Å². The Balaban J connectivity index is 1.32. The van der Waals surface area contributed by atoms with E-state index in [2.05, 4.69) is 34.7 Å². The van der Waals surface area contributed by atoms with Gasteiger partial charge in [-0.05, 0) is 30.3 Å². The van der Waals surface area contributed by atoms with E-state index in [1.807, 2.05) is 42.6 Å². The van der Waals surface area contributed by atoms with Crippen molar-refractivity contribution in [3.63, 3.8) is 0 Å². The van der Waals surface area contributed by atoms with Crippen LogP contribution in [0, 0.1) is 0 Å². The summed E-state index contributed by atoms with van der Waals surface area (Å²) in [4.78, 5) is 14.0. The lowest BCUT2D eigenvalue weighted by molar-refractivity contribution is -0.901. The molecule has 0 aliphatic carbocycles. The molecule has 1 unspecified atom stereocenters. The lowest BCUT2D eigenvalue weighted by Crippen LogP contribution is -3.09. The number of likely N-dealkylation sites (tertiary alicyclic amines) is 1. The second-order valence-electron chi connectivity index (χ2n) is 6.82. The number of hydrogen-bond acceptors (Lipinski definition) is 2. The van der Waals surface area contributed by atoms with Crippen LogP contribution < -0.4 is 10.2 Å². The number of nitrogens with one attached hydrogen (secondary N) is 2. The Morgan fingerprint density at radius 1 is 1.12 bits per heavy atom. The third kappa shape index (κ3) is 3.83. The van der Waals surface area contributed by atoms with Crippen LogP contribution in [0.25, 0.3) is 5.69 Å². The molecule has 2 N–H and O–H groups in total. The number of rotatable bonds is 5. The molecule has 1 saturated heterocycles. The van der Waals surface area contributed by atoms with Crippen molar-refractivity contribution >= 4 is 5.91 Å². The summed E-state index contributed by atoms with van der Waals surface area (Å²) in [6.07, 6.45) is 4.65. The Bertz CT molecular complexity index is 843. The maximum atomic E-state index is 12.5. The zero-order valence-corrected chi connectivity index (χ0v) is 14.6. The maximum absolute atomic E-state index is 12.5. The fourth-order valence-corrected chi connectivity index (χ4v) is 3.56. The zero-order chi connectivity index (χ0) is 17.8. The molecule has 5 heteroatoms. The van der Waals surface area contributed by atoms with Gasteiger partial charge < -0.3 is 10.2 Å². The van der Waals surface area contributed by atoms with E-state index < -0.39 is 0 Å². The highest BCUT2D eigenvalue weighted by Crippen LogP contribution is 2.09. The smallest absolute Gasteiger partial charge is 0.251 e. The van der Waals surface area contributed by atoms with Crippen molar-refractivity contribution in [1.29, 1.82) is 0 Å². The van der Waals surface area contributed by atoms with E-state index in [1.54, 1.807) is 10.9 Å². The topological polar surface area (TPSA) is 51.4 Å². The van der Waals surface area contributed by atoms with E-state index in [0.717, 1.165) is 31.7 Å². The predicted molar refractivity (Wildman–Crippen MR) is 100 cm³/mol. The fraction of sp³-hybridized carbons (Fsp3) is 0.238. The molecule has 132 valence electrons. The first-order valence-corrected chi connectivity index (χ1v) is 9.06. The molecule has 2 aromatic carbocycles. The first-order chi connectivity index (χ1) is 12.8. The van der Waals surface area contributed by atoms with Gasteiger partial charge in [0.05, 0.1) is 24.8 Å². The first-order valence-electron chi connectivity index (χ1n) is 9.06. The van der Waals surface area contributed by atoms with Crippen molar-refractivity contribution in [3.05, 3.63) is 84.2 Å². The van der Waals surface area contributed by atoms with Gasteiger partial charge in [0.15, 0.2) is 0 Å². The largest absolute Gasteiger partial charge is 0.343 e. The predicted octanol–water partition coefficient (Wildman–Crippen LogP) is 1.46. The van der Waals surface area contributed by atoms with E-state index in [0.29, 0.717) is 5.56 Å². The van der Waals surface area contributed by atoms with Gasteiger partial charge in [-0.25, -0.2) is 4.68 Å². The van der Waals surface area contributed by atoms with Crippen LogP contribution in [0.3, 0.4) is 0 Å². The highest BCUT2D eigenvalue weighted by Gasteiger charge is 2.27. The van der Waals surface area contributed by atoms with Crippen LogP contribution >= 0.6 is 0 Å². The molecular weight excluding hydrogens is 324 g/mol. The van der Waals surface area contributed by atoms with Crippen molar-refractivity contribution < 1.29 is 9.69 Å². The molecule has 1 amide bonds. The normalized spacial score (nSPS) is 19.4. The van der Waals surface area contributed by atoms with Gasteiger partial charge in [0.1, 0.15) is 6.54 Å². The molecule has 0 spiro atoms. The van der Waals surface area contributed by atoms with Gasteiger partial charge in [-0.1, -0.05) is 30.3 Å². The number of carbonyl (C=O) groups is 1. The number of benzene rings is 2. The standard InChI is InChI=1S/C21H22N4O/c26-21(18-7-9-20(10-8-18)25-13-4-12-22-25)23-19-11-14-24(16-19)15-17-5-2-1-3-6-17/h1-10,12-13,19H,11,14-16H2,(H,23,26)/p+1/t19-/m1/s1. The summed E-state index contributed by atoms with van der Waals surface area (Å²) < 4.78 is 1.78. The van der Waals surface area contributed by atoms with Crippen molar-refractivity contribution in [1.82, 2.24) is 15.1 Å². The molecule has 26 heavy (non-hydrogen) atoms. The average molecular weight is 347 g/mol.